The second-order valence-corrected chi connectivity index (χ2v) is 7.48. The van der Waals surface area contributed by atoms with Gasteiger partial charge in [-0.2, -0.15) is 0 Å². The Morgan fingerprint density at radius 2 is 2.15 bits per heavy atom. The van der Waals surface area contributed by atoms with Crippen LogP contribution in [0.25, 0.3) is 10.9 Å². The molecule has 136 valence electrons. The van der Waals surface area contributed by atoms with Gasteiger partial charge in [0.2, 0.25) is 5.91 Å². The quantitative estimate of drug-likeness (QED) is 0.473. The Bertz CT molecular complexity index is 939. The lowest BCUT2D eigenvalue weighted by molar-refractivity contribution is -0.118. The number of para-hydroxylation sites is 1. The number of carbonyl (C=O) groups excluding carboxylic acids is 1. The molecule has 3 aromatic rings. The molecular weight excluding hydrogens is 370 g/mol. The average Bonchev–Trinajstić information content (AvgIpc) is 3.18. The number of amides is 1. The summed E-state index contributed by atoms with van der Waals surface area (Å²) in [7, 11) is 1.59. The van der Waals surface area contributed by atoms with Gasteiger partial charge in [-0.25, -0.2) is 4.98 Å². The minimum atomic E-state index is -0.117. The van der Waals surface area contributed by atoms with E-state index in [1.807, 2.05) is 29.6 Å². The fraction of sp³-hybridized carbons (Fsp3) is 0.278. The zero-order valence-corrected chi connectivity index (χ0v) is 15.9. The van der Waals surface area contributed by atoms with Gasteiger partial charge in [0.25, 0.3) is 5.56 Å². The molecule has 0 unspecified atom stereocenters. The van der Waals surface area contributed by atoms with E-state index >= 15 is 0 Å². The molecule has 6 nitrogen and oxygen atoms in total. The van der Waals surface area contributed by atoms with Crippen molar-refractivity contribution in [3.05, 3.63) is 57.0 Å². The lowest BCUT2D eigenvalue weighted by atomic mass is 10.2. The molecule has 3 rings (SSSR count). The molecule has 0 saturated carbocycles. The molecule has 0 aliphatic carbocycles. The van der Waals surface area contributed by atoms with Crippen molar-refractivity contribution in [2.24, 2.45) is 0 Å². The average molecular weight is 390 g/mol. The molecule has 0 atom stereocenters. The van der Waals surface area contributed by atoms with E-state index in [0.29, 0.717) is 35.8 Å². The zero-order chi connectivity index (χ0) is 18.4. The highest BCUT2D eigenvalue weighted by atomic mass is 32.2. The molecule has 8 heteroatoms. The van der Waals surface area contributed by atoms with Crippen molar-refractivity contribution in [2.75, 3.05) is 19.5 Å². The zero-order valence-electron chi connectivity index (χ0n) is 14.3. The van der Waals surface area contributed by atoms with E-state index < -0.39 is 0 Å². The largest absolute Gasteiger partial charge is 0.383 e. The first-order valence-corrected chi connectivity index (χ1v) is 9.96. The molecule has 0 spiro atoms. The highest BCUT2D eigenvalue weighted by molar-refractivity contribution is 7.99. The molecule has 1 amide bonds. The van der Waals surface area contributed by atoms with Crippen LogP contribution in [0, 0.1) is 0 Å². The first kappa shape index (κ1) is 18.6. The van der Waals surface area contributed by atoms with Crippen molar-refractivity contribution in [1.29, 1.82) is 0 Å². The number of nitrogens with one attached hydrogen (secondary N) is 1. The summed E-state index contributed by atoms with van der Waals surface area (Å²) < 4.78 is 6.67. The standard InChI is InChI=1S/C18H19N3O3S2/c1-24-9-8-21-17(23)14-6-2-3-7-15(14)20-18(21)26-12-16(22)19-11-13-5-4-10-25-13/h2-7,10H,8-9,11-12H2,1H3,(H,19,22). The Morgan fingerprint density at radius 3 is 2.92 bits per heavy atom. The van der Waals surface area contributed by atoms with Crippen LogP contribution in [0.4, 0.5) is 0 Å². The van der Waals surface area contributed by atoms with Gasteiger partial charge in [0.15, 0.2) is 5.16 Å². The Labute approximate surface area is 159 Å². The SMILES string of the molecule is COCCn1c(SCC(=O)NCc2cccs2)nc2ccccc2c1=O. The first-order valence-electron chi connectivity index (χ1n) is 8.09. The normalized spacial score (nSPS) is 11.0. The maximum Gasteiger partial charge on any atom is 0.262 e. The van der Waals surface area contributed by atoms with Crippen LogP contribution in [0.3, 0.4) is 0 Å². The van der Waals surface area contributed by atoms with Gasteiger partial charge in [-0.05, 0) is 23.6 Å². The Kier molecular flexibility index (Phi) is 6.43. The lowest BCUT2D eigenvalue weighted by Gasteiger charge is -2.12. The monoisotopic (exact) mass is 389 g/mol. The summed E-state index contributed by atoms with van der Waals surface area (Å²) in [5.41, 5.74) is 0.516. The molecule has 0 radical (unpaired) electrons. The van der Waals surface area contributed by atoms with Crippen LogP contribution in [0.5, 0.6) is 0 Å². The van der Waals surface area contributed by atoms with E-state index in [2.05, 4.69) is 10.3 Å². The van der Waals surface area contributed by atoms with Crippen molar-refractivity contribution >= 4 is 39.9 Å². The lowest BCUT2D eigenvalue weighted by Crippen LogP contribution is -2.27. The van der Waals surface area contributed by atoms with E-state index in [1.54, 1.807) is 35.1 Å². The van der Waals surface area contributed by atoms with Crippen LogP contribution in [-0.2, 0) is 22.6 Å². The summed E-state index contributed by atoms with van der Waals surface area (Å²) in [6, 6.07) is 11.2. The number of thioether (sulfide) groups is 1. The molecule has 0 saturated heterocycles. The molecule has 2 heterocycles. The van der Waals surface area contributed by atoms with Crippen molar-refractivity contribution in [3.8, 4) is 0 Å². The van der Waals surface area contributed by atoms with Crippen molar-refractivity contribution < 1.29 is 9.53 Å². The number of fused-ring (bicyclic) bond motifs is 1. The minimum absolute atomic E-state index is 0.0934. The van der Waals surface area contributed by atoms with E-state index in [0.717, 1.165) is 4.88 Å². The van der Waals surface area contributed by atoms with Gasteiger partial charge in [-0.1, -0.05) is 30.0 Å². The van der Waals surface area contributed by atoms with E-state index in [4.69, 9.17) is 4.74 Å². The molecule has 2 aromatic heterocycles. The van der Waals surface area contributed by atoms with Gasteiger partial charge in [-0.15, -0.1) is 11.3 Å². The molecular formula is C18H19N3O3S2. The molecule has 0 fully saturated rings. The third-order valence-electron chi connectivity index (χ3n) is 3.72. The van der Waals surface area contributed by atoms with Crippen LogP contribution in [0.2, 0.25) is 0 Å². The van der Waals surface area contributed by atoms with Crippen molar-refractivity contribution in [1.82, 2.24) is 14.9 Å². The van der Waals surface area contributed by atoms with Crippen LogP contribution in [-0.4, -0.2) is 34.9 Å². The van der Waals surface area contributed by atoms with Crippen molar-refractivity contribution in [2.45, 2.75) is 18.2 Å². The third kappa shape index (κ3) is 4.51. The summed E-state index contributed by atoms with van der Waals surface area (Å²) in [5, 5.41) is 5.95. The molecule has 0 aliphatic rings. The second-order valence-electron chi connectivity index (χ2n) is 5.51. The van der Waals surface area contributed by atoms with Gasteiger partial charge in [0, 0.05) is 12.0 Å². The van der Waals surface area contributed by atoms with E-state index in [1.165, 1.54) is 11.8 Å². The Balaban J connectivity index is 1.74. The molecule has 0 bridgehead atoms. The van der Waals surface area contributed by atoms with Crippen LogP contribution in [0.1, 0.15) is 4.88 Å². The number of hydrogen-bond donors (Lipinski definition) is 1. The number of rotatable bonds is 8. The Hall–Kier alpha value is -2.16. The van der Waals surface area contributed by atoms with Crippen LogP contribution in [0.15, 0.2) is 51.7 Å². The summed E-state index contributed by atoms with van der Waals surface area (Å²) in [5.74, 6) is 0.104. The molecule has 1 N–H and O–H groups in total. The molecule has 1 aromatic carbocycles. The molecule has 0 aliphatic heterocycles. The highest BCUT2D eigenvalue weighted by Gasteiger charge is 2.13. The maximum atomic E-state index is 12.7. The number of ether oxygens (including phenoxy) is 1. The molecule has 26 heavy (non-hydrogen) atoms. The highest BCUT2D eigenvalue weighted by Crippen LogP contribution is 2.18. The fourth-order valence-corrected chi connectivity index (χ4v) is 3.92. The van der Waals surface area contributed by atoms with Gasteiger partial charge < -0.3 is 10.1 Å². The topological polar surface area (TPSA) is 73.2 Å². The number of methoxy groups -OCH3 is 1. The number of carbonyl (C=O) groups is 1. The van der Waals surface area contributed by atoms with E-state index in [-0.39, 0.29) is 17.2 Å². The Morgan fingerprint density at radius 1 is 1.31 bits per heavy atom. The number of nitrogens with zero attached hydrogens (tertiary/aromatic N) is 2. The van der Waals surface area contributed by atoms with Gasteiger partial charge >= 0.3 is 0 Å². The summed E-state index contributed by atoms with van der Waals surface area (Å²) >= 11 is 2.86. The number of benzene rings is 1. The predicted molar refractivity (Wildman–Crippen MR) is 105 cm³/mol. The van der Waals surface area contributed by atoms with Crippen molar-refractivity contribution in [3.63, 3.8) is 0 Å². The van der Waals surface area contributed by atoms with Crippen LogP contribution < -0.4 is 10.9 Å². The third-order valence-corrected chi connectivity index (χ3v) is 5.57. The summed E-state index contributed by atoms with van der Waals surface area (Å²) in [6.07, 6.45) is 0. The summed E-state index contributed by atoms with van der Waals surface area (Å²) in [6.45, 7) is 1.31. The maximum absolute atomic E-state index is 12.7. The first-order chi connectivity index (χ1) is 12.7. The minimum Gasteiger partial charge on any atom is -0.383 e. The van der Waals surface area contributed by atoms with Gasteiger partial charge in [0.05, 0.1) is 36.4 Å². The second kappa shape index (κ2) is 8.98. The number of thiophene rings is 1. The van der Waals surface area contributed by atoms with E-state index in [9.17, 15) is 9.59 Å². The number of hydrogen-bond acceptors (Lipinski definition) is 6. The van der Waals surface area contributed by atoms with Gasteiger partial charge in [-0.3, -0.25) is 14.2 Å². The number of aromatic nitrogens is 2. The fourth-order valence-electron chi connectivity index (χ4n) is 2.42. The van der Waals surface area contributed by atoms with Crippen LogP contribution >= 0.6 is 23.1 Å². The predicted octanol–water partition coefficient (Wildman–Crippen LogP) is 2.51. The summed E-state index contributed by atoms with van der Waals surface area (Å²) in [4.78, 5) is 30.5. The van der Waals surface area contributed by atoms with Gasteiger partial charge in [0.1, 0.15) is 0 Å². The smallest absolute Gasteiger partial charge is 0.262 e.